The lowest BCUT2D eigenvalue weighted by Crippen LogP contribution is -2.28. The second-order valence-corrected chi connectivity index (χ2v) is 4.29. The molecule has 0 saturated heterocycles. The number of hydrogen-bond acceptors (Lipinski definition) is 3. The second-order valence-electron chi connectivity index (χ2n) is 4.29. The van der Waals surface area contributed by atoms with E-state index in [4.69, 9.17) is 4.74 Å². The number of ether oxygens (including phenoxy) is 1. The third kappa shape index (κ3) is 2.89. The Morgan fingerprint density at radius 2 is 2.06 bits per heavy atom. The Kier molecular flexibility index (Phi) is 4.62. The lowest BCUT2D eigenvalue weighted by Gasteiger charge is -2.21. The van der Waals surface area contributed by atoms with Crippen LogP contribution in [0.1, 0.15) is 25.3 Å². The Morgan fingerprint density at radius 1 is 1.38 bits per heavy atom. The maximum atomic E-state index is 5.37. The maximum absolute atomic E-state index is 5.37. The fourth-order valence-electron chi connectivity index (χ4n) is 1.74. The molecule has 0 radical (unpaired) electrons. The van der Waals surface area contributed by atoms with Gasteiger partial charge in [0.05, 0.1) is 13.8 Å². The van der Waals surface area contributed by atoms with E-state index < -0.39 is 0 Å². The van der Waals surface area contributed by atoms with Crippen molar-refractivity contribution in [3.05, 3.63) is 23.8 Å². The number of nitrogens with zero attached hydrogens (tertiary/aromatic N) is 1. The lowest BCUT2D eigenvalue weighted by molar-refractivity contribution is 0.407. The summed E-state index contributed by atoms with van der Waals surface area (Å²) in [6.07, 6.45) is 0. The molecule has 0 atom stereocenters. The average Bonchev–Trinajstić information content (AvgIpc) is 2.28. The van der Waals surface area contributed by atoms with E-state index in [0.29, 0.717) is 5.92 Å². The summed E-state index contributed by atoms with van der Waals surface area (Å²) in [7, 11) is 5.74. The summed E-state index contributed by atoms with van der Waals surface area (Å²) in [6.45, 7) is 5.20. The van der Waals surface area contributed by atoms with Crippen LogP contribution in [0.2, 0.25) is 0 Å². The highest BCUT2D eigenvalue weighted by Gasteiger charge is 2.09. The van der Waals surface area contributed by atoms with Crippen LogP contribution in [-0.2, 0) is 0 Å². The fourth-order valence-corrected chi connectivity index (χ4v) is 1.74. The zero-order chi connectivity index (χ0) is 12.1. The molecule has 0 saturated carbocycles. The van der Waals surface area contributed by atoms with Crippen molar-refractivity contribution in [3.8, 4) is 5.75 Å². The molecule has 1 rings (SSSR count). The van der Waals surface area contributed by atoms with E-state index in [2.05, 4.69) is 43.2 Å². The van der Waals surface area contributed by atoms with Gasteiger partial charge in [0.15, 0.2) is 0 Å². The molecule has 90 valence electrons. The molecule has 1 N–H and O–H groups in total. The number of hydrogen-bond donors (Lipinski definition) is 1. The molecule has 0 fully saturated rings. The highest BCUT2D eigenvalue weighted by Crippen LogP contribution is 2.30. The van der Waals surface area contributed by atoms with Gasteiger partial charge in [0.2, 0.25) is 0 Å². The van der Waals surface area contributed by atoms with Gasteiger partial charge in [-0.15, -0.1) is 0 Å². The van der Waals surface area contributed by atoms with E-state index in [-0.39, 0.29) is 0 Å². The third-order valence-electron chi connectivity index (χ3n) is 2.67. The minimum absolute atomic E-state index is 0.470. The Labute approximate surface area is 98.4 Å². The Hall–Kier alpha value is -1.22. The molecule has 0 bridgehead atoms. The molecule has 0 aromatic heterocycles. The van der Waals surface area contributed by atoms with Crippen LogP contribution in [0.25, 0.3) is 0 Å². The standard InChI is InChI=1S/C13H22N2O/c1-10(2)12-8-11(15(4)9-14-3)6-7-13(12)16-5/h6-8,10,14H,9H2,1-5H3. The smallest absolute Gasteiger partial charge is 0.122 e. The summed E-state index contributed by atoms with van der Waals surface area (Å²) in [5, 5.41) is 3.14. The van der Waals surface area contributed by atoms with Gasteiger partial charge in [-0.25, -0.2) is 0 Å². The first kappa shape index (κ1) is 12.8. The molecular weight excluding hydrogens is 200 g/mol. The molecule has 0 aliphatic heterocycles. The van der Waals surface area contributed by atoms with Crippen molar-refractivity contribution in [3.63, 3.8) is 0 Å². The molecule has 1 aromatic carbocycles. The van der Waals surface area contributed by atoms with Crippen molar-refractivity contribution < 1.29 is 4.74 Å². The van der Waals surface area contributed by atoms with Gasteiger partial charge < -0.3 is 15.0 Å². The van der Waals surface area contributed by atoms with Crippen LogP contribution in [-0.4, -0.2) is 27.9 Å². The summed E-state index contributed by atoms with van der Waals surface area (Å²) in [5.74, 6) is 1.44. The summed E-state index contributed by atoms with van der Waals surface area (Å²) in [5.41, 5.74) is 2.46. The summed E-state index contributed by atoms with van der Waals surface area (Å²) in [4.78, 5) is 2.17. The predicted molar refractivity (Wildman–Crippen MR) is 69.4 cm³/mol. The first-order chi connectivity index (χ1) is 7.60. The van der Waals surface area contributed by atoms with Gasteiger partial charge in [-0.1, -0.05) is 13.8 Å². The predicted octanol–water partition coefficient (Wildman–Crippen LogP) is 2.43. The largest absolute Gasteiger partial charge is 0.496 e. The summed E-state index contributed by atoms with van der Waals surface area (Å²) in [6, 6.07) is 6.32. The minimum atomic E-state index is 0.470. The summed E-state index contributed by atoms with van der Waals surface area (Å²) < 4.78 is 5.37. The summed E-state index contributed by atoms with van der Waals surface area (Å²) >= 11 is 0. The number of methoxy groups -OCH3 is 1. The topological polar surface area (TPSA) is 24.5 Å². The third-order valence-corrected chi connectivity index (χ3v) is 2.67. The molecule has 3 nitrogen and oxygen atoms in total. The highest BCUT2D eigenvalue weighted by molar-refractivity contribution is 5.53. The van der Waals surface area contributed by atoms with Gasteiger partial charge in [-0.05, 0) is 36.7 Å². The van der Waals surface area contributed by atoms with Crippen LogP contribution in [0.15, 0.2) is 18.2 Å². The van der Waals surface area contributed by atoms with Crippen molar-refractivity contribution >= 4 is 5.69 Å². The molecule has 0 heterocycles. The molecule has 16 heavy (non-hydrogen) atoms. The van der Waals surface area contributed by atoms with E-state index in [0.717, 1.165) is 12.4 Å². The van der Waals surface area contributed by atoms with Crippen molar-refractivity contribution in [2.45, 2.75) is 19.8 Å². The maximum Gasteiger partial charge on any atom is 0.122 e. The molecule has 3 heteroatoms. The Morgan fingerprint density at radius 3 is 2.56 bits per heavy atom. The fraction of sp³-hybridized carbons (Fsp3) is 0.538. The molecular formula is C13H22N2O. The molecule has 0 spiro atoms. The van der Waals surface area contributed by atoms with Crippen LogP contribution in [0.5, 0.6) is 5.75 Å². The molecule has 0 aliphatic rings. The molecule has 0 unspecified atom stereocenters. The van der Waals surface area contributed by atoms with Gasteiger partial charge in [0, 0.05) is 12.7 Å². The van der Waals surface area contributed by atoms with Crippen molar-refractivity contribution in [2.75, 3.05) is 32.8 Å². The van der Waals surface area contributed by atoms with E-state index in [1.165, 1.54) is 11.3 Å². The van der Waals surface area contributed by atoms with Gasteiger partial charge in [0.1, 0.15) is 5.75 Å². The van der Waals surface area contributed by atoms with Crippen LogP contribution >= 0.6 is 0 Å². The second kappa shape index (κ2) is 5.75. The van der Waals surface area contributed by atoms with Crippen LogP contribution in [0, 0.1) is 0 Å². The van der Waals surface area contributed by atoms with Gasteiger partial charge >= 0.3 is 0 Å². The first-order valence-corrected chi connectivity index (χ1v) is 5.63. The molecule has 0 amide bonds. The van der Waals surface area contributed by atoms with E-state index in [1.54, 1.807) is 7.11 Å². The molecule has 1 aromatic rings. The highest BCUT2D eigenvalue weighted by atomic mass is 16.5. The SMILES string of the molecule is CNCN(C)c1ccc(OC)c(C(C)C)c1. The minimum Gasteiger partial charge on any atom is -0.496 e. The normalized spacial score (nSPS) is 10.6. The number of benzene rings is 1. The Balaban J connectivity index is 3.01. The number of anilines is 1. The van der Waals surface area contributed by atoms with Crippen LogP contribution < -0.4 is 15.0 Å². The Bertz CT molecular complexity index is 337. The first-order valence-electron chi connectivity index (χ1n) is 5.63. The van der Waals surface area contributed by atoms with Crippen molar-refractivity contribution in [1.82, 2.24) is 5.32 Å². The average molecular weight is 222 g/mol. The van der Waals surface area contributed by atoms with E-state index in [1.807, 2.05) is 13.1 Å². The van der Waals surface area contributed by atoms with Crippen molar-refractivity contribution in [2.24, 2.45) is 0 Å². The van der Waals surface area contributed by atoms with E-state index >= 15 is 0 Å². The monoisotopic (exact) mass is 222 g/mol. The van der Waals surface area contributed by atoms with E-state index in [9.17, 15) is 0 Å². The number of rotatable bonds is 5. The van der Waals surface area contributed by atoms with Gasteiger partial charge in [-0.3, -0.25) is 0 Å². The van der Waals surface area contributed by atoms with Crippen LogP contribution in [0.3, 0.4) is 0 Å². The van der Waals surface area contributed by atoms with Crippen LogP contribution in [0.4, 0.5) is 5.69 Å². The zero-order valence-electron chi connectivity index (χ0n) is 10.9. The van der Waals surface area contributed by atoms with Crippen molar-refractivity contribution in [1.29, 1.82) is 0 Å². The quantitative estimate of drug-likeness (QED) is 0.774. The molecule has 0 aliphatic carbocycles. The zero-order valence-corrected chi connectivity index (χ0v) is 10.9. The van der Waals surface area contributed by atoms with Gasteiger partial charge in [0.25, 0.3) is 0 Å². The van der Waals surface area contributed by atoms with Gasteiger partial charge in [-0.2, -0.15) is 0 Å². The number of nitrogens with one attached hydrogen (secondary N) is 1. The lowest BCUT2D eigenvalue weighted by atomic mass is 10.0.